The number of nitro benzene ring substituents is 1. The van der Waals surface area contributed by atoms with E-state index >= 15 is 0 Å². The SMILES string of the molecule is CCOC(=O)N1CCc2c(oc3c(OC)ccc(C(=O)Oc4ccc([N+](=O)[O-])cc4)c23)C1. The molecule has 1 aromatic heterocycles. The van der Waals surface area contributed by atoms with Gasteiger partial charge in [-0.1, -0.05) is 0 Å². The second-order valence-electron chi connectivity index (χ2n) is 7.03. The Morgan fingerprint density at radius 2 is 1.94 bits per heavy atom. The summed E-state index contributed by atoms with van der Waals surface area (Å²) in [4.78, 5) is 36.9. The van der Waals surface area contributed by atoms with Gasteiger partial charge < -0.3 is 23.5 Å². The summed E-state index contributed by atoms with van der Waals surface area (Å²) in [6, 6.07) is 8.43. The molecule has 1 amide bonds. The summed E-state index contributed by atoms with van der Waals surface area (Å²) in [6.45, 7) is 2.63. The highest BCUT2D eigenvalue weighted by Gasteiger charge is 2.30. The molecule has 0 saturated carbocycles. The third kappa shape index (κ3) is 3.82. The van der Waals surface area contributed by atoms with Gasteiger partial charge in [-0.15, -0.1) is 0 Å². The van der Waals surface area contributed by atoms with Crippen LogP contribution < -0.4 is 9.47 Å². The van der Waals surface area contributed by atoms with Crippen LogP contribution in [0.15, 0.2) is 40.8 Å². The second kappa shape index (κ2) is 8.58. The Bertz CT molecular complexity index is 1200. The predicted molar refractivity (Wildman–Crippen MR) is 112 cm³/mol. The molecule has 10 heteroatoms. The Morgan fingerprint density at radius 1 is 1.19 bits per heavy atom. The van der Waals surface area contributed by atoms with Crippen molar-refractivity contribution in [2.24, 2.45) is 0 Å². The van der Waals surface area contributed by atoms with E-state index in [-0.39, 0.29) is 30.2 Å². The van der Waals surface area contributed by atoms with Crippen molar-refractivity contribution >= 4 is 28.7 Å². The van der Waals surface area contributed by atoms with Gasteiger partial charge in [-0.25, -0.2) is 9.59 Å². The number of carbonyl (C=O) groups excluding carboxylic acids is 2. The lowest BCUT2D eigenvalue weighted by atomic mass is 9.99. The molecule has 32 heavy (non-hydrogen) atoms. The average molecular weight is 440 g/mol. The van der Waals surface area contributed by atoms with Crippen LogP contribution in [-0.4, -0.2) is 42.1 Å². The third-order valence-corrected chi connectivity index (χ3v) is 5.18. The number of amides is 1. The van der Waals surface area contributed by atoms with Crippen LogP contribution in [0.2, 0.25) is 0 Å². The van der Waals surface area contributed by atoms with Crippen molar-refractivity contribution in [1.82, 2.24) is 4.90 Å². The molecule has 166 valence electrons. The molecule has 0 aliphatic carbocycles. The van der Waals surface area contributed by atoms with Crippen LogP contribution in [0, 0.1) is 10.1 Å². The molecular formula is C22H20N2O8. The van der Waals surface area contributed by atoms with Crippen LogP contribution in [0.3, 0.4) is 0 Å². The lowest BCUT2D eigenvalue weighted by Crippen LogP contribution is -2.36. The number of nitro groups is 1. The van der Waals surface area contributed by atoms with E-state index in [4.69, 9.17) is 18.6 Å². The van der Waals surface area contributed by atoms with E-state index in [2.05, 4.69) is 0 Å². The van der Waals surface area contributed by atoms with Gasteiger partial charge in [0.1, 0.15) is 11.5 Å². The molecule has 3 aromatic rings. The van der Waals surface area contributed by atoms with Crippen LogP contribution in [0.1, 0.15) is 28.6 Å². The van der Waals surface area contributed by atoms with E-state index in [0.717, 1.165) is 5.56 Å². The molecule has 0 N–H and O–H groups in total. The molecule has 2 heterocycles. The number of fused-ring (bicyclic) bond motifs is 3. The summed E-state index contributed by atoms with van der Waals surface area (Å²) in [5.74, 6) is 0.538. The standard InChI is InChI=1S/C22H20N2O8/c1-3-30-22(26)23-11-10-15-18(12-23)32-20-17(29-2)9-8-16(19(15)20)21(25)31-14-6-4-13(5-7-14)24(27)28/h4-9H,3,10-12H2,1-2H3. The highest BCUT2D eigenvalue weighted by Crippen LogP contribution is 2.38. The van der Waals surface area contributed by atoms with Gasteiger partial charge in [0.05, 0.1) is 30.7 Å². The summed E-state index contributed by atoms with van der Waals surface area (Å²) < 4.78 is 21.9. The van der Waals surface area contributed by atoms with Gasteiger partial charge in [0.15, 0.2) is 11.3 Å². The van der Waals surface area contributed by atoms with Gasteiger partial charge >= 0.3 is 12.1 Å². The topological polar surface area (TPSA) is 121 Å². The molecule has 1 aliphatic heterocycles. The first-order chi connectivity index (χ1) is 15.4. The Morgan fingerprint density at radius 3 is 2.59 bits per heavy atom. The van der Waals surface area contributed by atoms with Gasteiger partial charge in [-0.3, -0.25) is 10.1 Å². The van der Waals surface area contributed by atoms with E-state index in [0.29, 0.717) is 35.4 Å². The Balaban J connectivity index is 1.69. The Labute approximate surface area is 182 Å². The van der Waals surface area contributed by atoms with E-state index < -0.39 is 17.0 Å². The number of nitrogens with zero attached hydrogens (tertiary/aromatic N) is 2. The van der Waals surface area contributed by atoms with E-state index in [1.54, 1.807) is 19.1 Å². The minimum absolute atomic E-state index is 0.105. The summed E-state index contributed by atoms with van der Waals surface area (Å²) >= 11 is 0. The largest absolute Gasteiger partial charge is 0.493 e. The summed E-state index contributed by atoms with van der Waals surface area (Å²) in [7, 11) is 1.50. The van der Waals surface area contributed by atoms with Crippen molar-refractivity contribution in [2.75, 3.05) is 20.3 Å². The first kappa shape index (κ1) is 21.2. The maximum atomic E-state index is 13.0. The first-order valence-corrected chi connectivity index (χ1v) is 9.92. The number of non-ortho nitro benzene ring substituents is 1. The number of ether oxygens (including phenoxy) is 3. The number of esters is 1. The molecule has 2 aromatic carbocycles. The van der Waals surface area contributed by atoms with E-state index in [9.17, 15) is 19.7 Å². The molecule has 0 spiro atoms. The zero-order valence-electron chi connectivity index (χ0n) is 17.5. The molecule has 10 nitrogen and oxygen atoms in total. The van der Waals surface area contributed by atoms with E-state index in [1.165, 1.54) is 36.3 Å². The third-order valence-electron chi connectivity index (χ3n) is 5.18. The van der Waals surface area contributed by atoms with Crippen LogP contribution in [0.4, 0.5) is 10.5 Å². The number of carbonyl (C=O) groups is 2. The number of hydrogen-bond acceptors (Lipinski definition) is 8. The monoisotopic (exact) mass is 440 g/mol. The lowest BCUT2D eigenvalue weighted by Gasteiger charge is -2.25. The molecule has 0 unspecified atom stereocenters. The molecular weight excluding hydrogens is 420 g/mol. The number of methoxy groups -OCH3 is 1. The van der Waals surface area contributed by atoms with E-state index in [1.807, 2.05) is 0 Å². The maximum Gasteiger partial charge on any atom is 0.410 e. The average Bonchev–Trinajstić information content (AvgIpc) is 3.17. The van der Waals surface area contributed by atoms with Crippen molar-refractivity contribution < 1.29 is 33.1 Å². The highest BCUT2D eigenvalue weighted by molar-refractivity contribution is 6.07. The van der Waals surface area contributed by atoms with Crippen molar-refractivity contribution in [3.8, 4) is 11.5 Å². The molecule has 0 fully saturated rings. The quantitative estimate of drug-likeness (QED) is 0.252. The smallest absolute Gasteiger partial charge is 0.410 e. The molecule has 0 atom stereocenters. The molecule has 0 bridgehead atoms. The fourth-order valence-corrected chi connectivity index (χ4v) is 3.68. The summed E-state index contributed by atoms with van der Waals surface area (Å²) in [5, 5.41) is 11.4. The van der Waals surface area contributed by atoms with Crippen LogP contribution in [-0.2, 0) is 17.7 Å². The molecule has 4 rings (SSSR count). The maximum absolute atomic E-state index is 13.0. The minimum atomic E-state index is -0.636. The van der Waals surface area contributed by atoms with Crippen molar-refractivity contribution in [3.05, 3.63) is 63.4 Å². The first-order valence-electron chi connectivity index (χ1n) is 9.92. The number of furan rings is 1. The van der Waals surface area contributed by atoms with Crippen LogP contribution >= 0.6 is 0 Å². The fraction of sp³-hybridized carbons (Fsp3) is 0.273. The normalized spacial score (nSPS) is 12.9. The van der Waals surface area contributed by atoms with Gasteiger partial charge in [-0.2, -0.15) is 0 Å². The number of hydrogen-bond donors (Lipinski definition) is 0. The zero-order chi connectivity index (χ0) is 22.8. The van der Waals surface area contributed by atoms with Crippen molar-refractivity contribution in [2.45, 2.75) is 19.9 Å². The van der Waals surface area contributed by atoms with Gasteiger partial charge in [-0.05, 0) is 37.6 Å². The zero-order valence-corrected chi connectivity index (χ0v) is 17.5. The highest BCUT2D eigenvalue weighted by atomic mass is 16.6. The van der Waals surface area contributed by atoms with Gasteiger partial charge in [0.25, 0.3) is 5.69 Å². The Kier molecular flexibility index (Phi) is 5.67. The van der Waals surface area contributed by atoms with Gasteiger partial charge in [0, 0.05) is 29.6 Å². The molecule has 0 saturated heterocycles. The van der Waals surface area contributed by atoms with Gasteiger partial charge in [0.2, 0.25) is 0 Å². The van der Waals surface area contributed by atoms with Crippen LogP contribution in [0.25, 0.3) is 11.0 Å². The minimum Gasteiger partial charge on any atom is -0.493 e. The second-order valence-corrected chi connectivity index (χ2v) is 7.03. The summed E-state index contributed by atoms with van der Waals surface area (Å²) in [6.07, 6.45) is 0.0370. The lowest BCUT2D eigenvalue weighted by molar-refractivity contribution is -0.384. The predicted octanol–water partition coefficient (Wildman–Crippen LogP) is 4.08. The van der Waals surface area contributed by atoms with Crippen molar-refractivity contribution in [3.63, 3.8) is 0 Å². The van der Waals surface area contributed by atoms with Crippen molar-refractivity contribution in [1.29, 1.82) is 0 Å². The summed E-state index contributed by atoms with van der Waals surface area (Å²) in [5.41, 5.74) is 1.36. The Hall–Kier alpha value is -4.08. The number of benzene rings is 2. The fourth-order valence-electron chi connectivity index (χ4n) is 3.68. The number of rotatable bonds is 5. The molecule has 0 radical (unpaired) electrons. The van der Waals surface area contributed by atoms with Crippen LogP contribution in [0.5, 0.6) is 11.5 Å². The molecule has 1 aliphatic rings.